The fraction of sp³-hybridized carbons (Fsp3) is 0.830. The van der Waals surface area contributed by atoms with Crippen LogP contribution in [-0.2, 0) is 23.8 Å². The first-order chi connectivity index (χ1) is 25.6. The van der Waals surface area contributed by atoms with Crippen LogP contribution in [0.15, 0.2) is 36.5 Å². The van der Waals surface area contributed by atoms with Crippen molar-refractivity contribution in [3.05, 3.63) is 36.5 Å². The summed E-state index contributed by atoms with van der Waals surface area (Å²) in [5.41, 5.74) is 0. The Kier molecular flexibility index (Phi) is 42.0. The molecule has 0 aliphatic carbocycles. The molecule has 0 aliphatic rings. The van der Waals surface area contributed by atoms with Gasteiger partial charge in [0.15, 0.2) is 6.10 Å². The summed E-state index contributed by atoms with van der Waals surface area (Å²) in [7, 11) is 0. The van der Waals surface area contributed by atoms with E-state index in [4.69, 9.17) is 14.2 Å². The van der Waals surface area contributed by atoms with E-state index in [1.165, 1.54) is 128 Å². The Labute approximate surface area is 323 Å². The lowest BCUT2D eigenvalue weighted by Gasteiger charge is -2.18. The van der Waals surface area contributed by atoms with Crippen molar-refractivity contribution < 1.29 is 23.8 Å². The Morgan fingerprint density at radius 1 is 0.442 bits per heavy atom. The monoisotopic (exact) mass is 731 g/mol. The summed E-state index contributed by atoms with van der Waals surface area (Å²) in [5, 5.41) is 0. The molecule has 0 aromatic rings. The van der Waals surface area contributed by atoms with Gasteiger partial charge in [-0.25, -0.2) is 0 Å². The molecule has 0 aliphatic heterocycles. The average molecular weight is 731 g/mol. The molecule has 5 heteroatoms. The van der Waals surface area contributed by atoms with E-state index in [-0.39, 0.29) is 25.2 Å². The summed E-state index contributed by atoms with van der Waals surface area (Å²) < 4.78 is 17.3. The van der Waals surface area contributed by atoms with Crippen molar-refractivity contribution in [2.24, 2.45) is 0 Å². The van der Waals surface area contributed by atoms with Crippen LogP contribution in [0.1, 0.15) is 226 Å². The van der Waals surface area contributed by atoms with E-state index in [9.17, 15) is 9.59 Å². The molecule has 304 valence electrons. The van der Waals surface area contributed by atoms with E-state index in [0.29, 0.717) is 19.4 Å². The topological polar surface area (TPSA) is 61.8 Å². The molecule has 5 nitrogen and oxygen atoms in total. The van der Waals surface area contributed by atoms with Gasteiger partial charge in [-0.3, -0.25) is 9.59 Å². The molecule has 0 aromatic heterocycles. The molecule has 0 heterocycles. The number of carbonyl (C=O) groups excluding carboxylic acids is 2. The molecular formula is C47H86O5. The van der Waals surface area contributed by atoms with Gasteiger partial charge >= 0.3 is 11.9 Å². The lowest BCUT2D eigenvalue weighted by atomic mass is 10.1. The maximum Gasteiger partial charge on any atom is 0.306 e. The van der Waals surface area contributed by atoms with Crippen molar-refractivity contribution in [3.8, 4) is 0 Å². The number of rotatable bonds is 41. The van der Waals surface area contributed by atoms with E-state index in [1.807, 2.05) is 0 Å². The second kappa shape index (κ2) is 43.5. The highest BCUT2D eigenvalue weighted by Gasteiger charge is 2.17. The normalized spacial score (nSPS) is 12.4. The molecule has 0 aromatic carbocycles. The van der Waals surface area contributed by atoms with Crippen LogP contribution >= 0.6 is 0 Å². The molecule has 1 atom stereocenters. The summed E-state index contributed by atoms with van der Waals surface area (Å²) in [6, 6.07) is 0. The third kappa shape index (κ3) is 40.9. The Bertz CT molecular complexity index is 832. The van der Waals surface area contributed by atoms with Crippen molar-refractivity contribution in [3.63, 3.8) is 0 Å². The quantitative estimate of drug-likeness (QED) is 0.0356. The Morgan fingerprint density at radius 3 is 1.38 bits per heavy atom. The number of unbranched alkanes of at least 4 members (excludes halogenated alkanes) is 24. The molecule has 0 saturated carbocycles. The van der Waals surface area contributed by atoms with E-state index in [2.05, 4.69) is 57.2 Å². The molecule has 0 bridgehead atoms. The second-order valence-corrected chi connectivity index (χ2v) is 14.9. The van der Waals surface area contributed by atoms with Crippen molar-refractivity contribution >= 4 is 11.9 Å². The molecule has 0 saturated heterocycles. The van der Waals surface area contributed by atoms with Crippen LogP contribution in [0.2, 0.25) is 0 Å². The molecule has 0 amide bonds. The van der Waals surface area contributed by atoms with Crippen molar-refractivity contribution in [1.82, 2.24) is 0 Å². The first-order valence-corrected chi connectivity index (χ1v) is 22.5. The van der Waals surface area contributed by atoms with Crippen molar-refractivity contribution in [2.75, 3.05) is 19.8 Å². The van der Waals surface area contributed by atoms with Gasteiger partial charge in [-0.05, 0) is 51.4 Å². The number of hydrogen-bond donors (Lipinski definition) is 0. The van der Waals surface area contributed by atoms with E-state index in [1.54, 1.807) is 0 Å². The van der Waals surface area contributed by atoms with Crippen LogP contribution in [0.4, 0.5) is 0 Å². The minimum absolute atomic E-state index is 0.0752. The zero-order valence-corrected chi connectivity index (χ0v) is 34.8. The molecule has 0 N–H and O–H groups in total. The van der Waals surface area contributed by atoms with Gasteiger partial charge in [-0.15, -0.1) is 0 Å². The summed E-state index contributed by atoms with van der Waals surface area (Å²) in [4.78, 5) is 25.2. The van der Waals surface area contributed by atoms with Crippen LogP contribution in [0.5, 0.6) is 0 Å². The zero-order chi connectivity index (χ0) is 37.8. The van der Waals surface area contributed by atoms with Crippen LogP contribution in [0.25, 0.3) is 0 Å². The average Bonchev–Trinajstić information content (AvgIpc) is 3.14. The fourth-order valence-electron chi connectivity index (χ4n) is 6.35. The predicted octanol–water partition coefficient (Wildman–Crippen LogP) is 14.7. The van der Waals surface area contributed by atoms with E-state index < -0.39 is 6.10 Å². The smallest absolute Gasteiger partial charge is 0.306 e. The molecule has 0 radical (unpaired) electrons. The van der Waals surface area contributed by atoms with E-state index >= 15 is 0 Å². The third-order valence-corrected chi connectivity index (χ3v) is 9.69. The van der Waals surface area contributed by atoms with Crippen LogP contribution in [0.3, 0.4) is 0 Å². The van der Waals surface area contributed by atoms with Gasteiger partial charge in [0, 0.05) is 19.4 Å². The van der Waals surface area contributed by atoms with Gasteiger partial charge in [0.2, 0.25) is 0 Å². The first-order valence-electron chi connectivity index (χ1n) is 22.5. The lowest BCUT2D eigenvalue weighted by Crippen LogP contribution is -2.30. The second-order valence-electron chi connectivity index (χ2n) is 14.9. The highest BCUT2D eigenvalue weighted by Crippen LogP contribution is 2.14. The standard InChI is InChI=1S/C47H86O5/c1-4-7-10-13-16-19-22-24-26-28-31-34-37-40-46(48)51-44-45(43-50-42-39-36-33-30-27-23-20-17-14-11-8-5-2)52-47(49)41-38-35-32-29-25-21-18-15-12-9-6-3/h7,10,16,19,24,26,45H,4-6,8-9,11-15,17-18,20-23,25,27-44H2,1-3H3/b10-7-,19-16-,26-24-. The van der Waals surface area contributed by atoms with Gasteiger partial charge in [0.05, 0.1) is 6.61 Å². The minimum atomic E-state index is -0.539. The fourth-order valence-corrected chi connectivity index (χ4v) is 6.35. The van der Waals surface area contributed by atoms with Crippen LogP contribution in [-0.4, -0.2) is 37.9 Å². The number of esters is 2. The Balaban J connectivity index is 4.27. The Hall–Kier alpha value is -1.88. The zero-order valence-electron chi connectivity index (χ0n) is 34.8. The van der Waals surface area contributed by atoms with E-state index in [0.717, 1.165) is 64.2 Å². The molecule has 52 heavy (non-hydrogen) atoms. The first kappa shape index (κ1) is 50.1. The van der Waals surface area contributed by atoms with Gasteiger partial charge in [0.1, 0.15) is 6.61 Å². The molecular weight excluding hydrogens is 645 g/mol. The van der Waals surface area contributed by atoms with Gasteiger partial charge < -0.3 is 14.2 Å². The molecule has 0 fully saturated rings. The van der Waals surface area contributed by atoms with Gasteiger partial charge in [-0.1, -0.05) is 198 Å². The number of allylic oxidation sites excluding steroid dienone is 6. The highest BCUT2D eigenvalue weighted by molar-refractivity contribution is 5.70. The maximum atomic E-state index is 12.7. The minimum Gasteiger partial charge on any atom is -0.462 e. The van der Waals surface area contributed by atoms with Crippen molar-refractivity contribution in [2.45, 2.75) is 232 Å². The SMILES string of the molecule is CC/C=C\C/C=C\C/C=C\CCCCCC(=O)OCC(COCCCCCCCCCCCCCC)OC(=O)CCCCCCCCCCCCC. The highest BCUT2D eigenvalue weighted by atomic mass is 16.6. The van der Waals surface area contributed by atoms with Gasteiger partial charge in [-0.2, -0.15) is 0 Å². The van der Waals surface area contributed by atoms with Crippen molar-refractivity contribution in [1.29, 1.82) is 0 Å². The molecule has 1 unspecified atom stereocenters. The third-order valence-electron chi connectivity index (χ3n) is 9.69. The number of ether oxygens (including phenoxy) is 3. The van der Waals surface area contributed by atoms with Crippen LogP contribution in [0, 0.1) is 0 Å². The summed E-state index contributed by atoms with van der Waals surface area (Å²) >= 11 is 0. The maximum absolute atomic E-state index is 12.7. The Morgan fingerprint density at radius 2 is 0.865 bits per heavy atom. The molecule has 0 rings (SSSR count). The largest absolute Gasteiger partial charge is 0.462 e. The molecule has 0 spiro atoms. The lowest BCUT2D eigenvalue weighted by molar-refractivity contribution is -0.163. The predicted molar refractivity (Wildman–Crippen MR) is 224 cm³/mol. The number of carbonyl (C=O) groups is 2. The number of hydrogen-bond acceptors (Lipinski definition) is 5. The summed E-state index contributed by atoms with van der Waals surface area (Å²) in [6.45, 7) is 7.70. The summed E-state index contributed by atoms with van der Waals surface area (Å²) in [6.07, 6.45) is 49.9. The summed E-state index contributed by atoms with van der Waals surface area (Å²) in [5.74, 6) is -0.423. The van der Waals surface area contributed by atoms with Gasteiger partial charge in [0.25, 0.3) is 0 Å². The van der Waals surface area contributed by atoms with Crippen LogP contribution < -0.4 is 0 Å².